The number of benzene rings is 4. The molecule has 0 bridgehead atoms. The maximum absolute atomic E-state index is 12.2. The average molecular weight is 663 g/mol. The van der Waals surface area contributed by atoms with E-state index in [0.29, 0.717) is 39.0 Å². The van der Waals surface area contributed by atoms with Gasteiger partial charge in [-0.25, -0.2) is 0 Å². The third-order valence-electron chi connectivity index (χ3n) is 9.28. The van der Waals surface area contributed by atoms with Crippen molar-refractivity contribution < 1.29 is 19.2 Å². The van der Waals surface area contributed by atoms with Crippen LogP contribution in [0.5, 0.6) is 0 Å². The van der Waals surface area contributed by atoms with Gasteiger partial charge in [-0.05, 0) is 68.8 Å². The van der Waals surface area contributed by atoms with E-state index in [2.05, 4.69) is 74.8 Å². The molecule has 6 nitrogen and oxygen atoms in total. The number of carbonyl (C=O) groups excluding carboxylic acids is 4. The van der Waals surface area contributed by atoms with Crippen LogP contribution in [0.1, 0.15) is 56.3 Å². The maximum atomic E-state index is 12.2. The number of amides is 2. The fourth-order valence-corrected chi connectivity index (χ4v) is 6.76. The van der Waals surface area contributed by atoms with E-state index in [1.807, 2.05) is 58.3 Å². The summed E-state index contributed by atoms with van der Waals surface area (Å²) in [7, 11) is 0. The van der Waals surface area contributed by atoms with E-state index in [1.165, 1.54) is 35.4 Å². The van der Waals surface area contributed by atoms with Crippen LogP contribution in [0.4, 0.5) is 0 Å². The topological polar surface area (TPSA) is 74.8 Å². The van der Waals surface area contributed by atoms with Gasteiger partial charge >= 0.3 is 0 Å². The van der Waals surface area contributed by atoms with Crippen LogP contribution in [-0.4, -0.2) is 46.3 Å². The standard InChI is InChI=1S/2C22H21NO2/c2*1-3-19(24)13-16-8-7-10-17(12-16)21-15-23(22(25)4-2)14-18-9-5-6-11-20(18)21/h2*3-12,21H,1-2,13-15H2/t2*21-/m10/s1. The summed E-state index contributed by atoms with van der Waals surface area (Å²) in [6.07, 6.45) is 6.14. The summed E-state index contributed by atoms with van der Waals surface area (Å²) in [5.74, 6) is 0.0737. The molecule has 2 heterocycles. The third-order valence-corrected chi connectivity index (χ3v) is 9.28. The molecule has 0 radical (unpaired) electrons. The van der Waals surface area contributed by atoms with Crippen LogP contribution in [-0.2, 0) is 45.1 Å². The molecular formula is C44H42N2O4. The number of hydrogen-bond donors (Lipinski definition) is 0. The molecular weight excluding hydrogens is 620 g/mol. The molecule has 0 saturated heterocycles. The lowest BCUT2D eigenvalue weighted by molar-refractivity contribution is -0.127. The zero-order valence-corrected chi connectivity index (χ0v) is 28.3. The molecule has 4 aromatic carbocycles. The number of nitrogens with zero attached hydrogens (tertiary/aromatic N) is 2. The normalized spacial score (nSPS) is 16.0. The fraction of sp³-hybridized carbons (Fsp3) is 0.182. The summed E-state index contributed by atoms with van der Waals surface area (Å²) >= 11 is 0. The summed E-state index contributed by atoms with van der Waals surface area (Å²) in [6.45, 7) is 16.7. The Labute approximate surface area is 294 Å². The van der Waals surface area contributed by atoms with Gasteiger partial charge in [0.25, 0.3) is 0 Å². The lowest BCUT2D eigenvalue weighted by Gasteiger charge is -2.34. The Kier molecular flexibility index (Phi) is 11.7. The third kappa shape index (κ3) is 8.39. The van der Waals surface area contributed by atoms with E-state index in [1.54, 1.807) is 0 Å². The predicted octanol–water partition coefficient (Wildman–Crippen LogP) is 7.29. The van der Waals surface area contributed by atoms with Crippen molar-refractivity contribution in [3.63, 3.8) is 0 Å². The number of fused-ring (bicyclic) bond motifs is 2. The second kappa shape index (κ2) is 16.5. The van der Waals surface area contributed by atoms with Gasteiger partial charge in [-0.2, -0.15) is 0 Å². The Bertz CT molecular complexity index is 1820. The van der Waals surface area contributed by atoms with Crippen LogP contribution in [0.25, 0.3) is 0 Å². The van der Waals surface area contributed by atoms with Crippen molar-refractivity contribution in [1.82, 2.24) is 9.80 Å². The van der Waals surface area contributed by atoms with Crippen molar-refractivity contribution in [2.24, 2.45) is 0 Å². The van der Waals surface area contributed by atoms with Crippen molar-refractivity contribution in [3.05, 3.63) is 192 Å². The minimum absolute atomic E-state index is 0.00431. The minimum atomic E-state index is -0.0579. The van der Waals surface area contributed by atoms with Crippen LogP contribution in [0, 0.1) is 0 Å². The molecule has 0 fully saturated rings. The van der Waals surface area contributed by atoms with Gasteiger partial charge in [0.05, 0.1) is 0 Å². The van der Waals surface area contributed by atoms with E-state index in [4.69, 9.17) is 0 Å². The van der Waals surface area contributed by atoms with Gasteiger partial charge < -0.3 is 9.80 Å². The largest absolute Gasteiger partial charge is 0.334 e. The zero-order valence-electron chi connectivity index (χ0n) is 28.3. The summed E-state index contributed by atoms with van der Waals surface area (Å²) < 4.78 is 0. The molecule has 2 aliphatic rings. The van der Waals surface area contributed by atoms with Gasteiger partial charge in [0.15, 0.2) is 11.6 Å². The molecule has 0 N–H and O–H groups in total. The van der Waals surface area contributed by atoms with Crippen molar-refractivity contribution >= 4 is 23.4 Å². The molecule has 0 unspecified atom stereocenters. The zero-order chi connectivity index (χ0) is 35.6. The van der Waals surface area contributed by atoms with Crippen LogP contribution >= 0.6 is 0 Å². The predicted molar refractivity (Wildman–Crippen MR) is 198 cm³/mol. The van der Waals surface area contributed by atoms with Crippen molar-refractivity contribution in [2.75, 3.05) is 13.1 Å². The summed E-state index contributed by atoms with van der Waals surface area (Å²) in [5.41, 5.74) is 8.94. The van der Waals surface area contributed by atoms with Crippen LogP contribution in [0.3, 0.4) is 0 Å². The summed E-state index contributed by atoms with van der Waals surface area (Å²) in [6, 6.07) is 32.5. The second-order valence-electron chi connectivity index (χ2n) is 12.5. The molecule has 2 aliphatic heterocycles. The van der Waals surface area contributed by atoms with Crippen LogP contribution < -0.4 is 0 Å². The average Bonchev–Trinajstić information content (AvgIpc) is 3.16. The smallest absolute Gasteiger partial charge is 0.246 e. The van der Waals surface area contributed by atoms with E-state index in [-0.39, 0.29) is 35.2 Å². The minimum Gasteiger partial charge on any atom is -0.334 e. The Balaban J connectivity index is 0.000000194. The van der Waals surface area contributed by atoms with E-state index < -0.39 is 0 Å². The van der Waals surface area contributed by atoms with E-state index in [0.717, 1.165) is 33.4 Å². The van der Waals surface area contributed by atoms with Crippen LogP contribution in [0.15, 0.2) is 148 Å². The van der Waals surface area contributed by atoms with Crippen molar-refractivity contribution in [3.8, 4) is 0 Å². The highest BCUT2D eigenvalue weighted by Crippen LogP contribution is 2.35. The molecule has 0 spiro atoms. The lowest BCUT2D eigenvalue weighted by Crippen LogP contribution is -2.37. The molecule has 2 amide bonds. The molecule has 0 aromatic heterocycles. The van der Waals surface area contributed by atoms with Crippen molar-refractivity contribution in [2.45, 2.75) is 37.8 Å². The Hall–Kier alpha value is -5.88. The number of allylic oxidation sites excluding steroid dienone is 2. The van der Waals surface area contributed by atoms with Gasteiger partial charge in [0.2, 0.25) is 11.8 Å². The molecule has 2 atom stereocenters. The summed E-state index contributed by atoms with van der Waals surface area (Å²) in [5, 5.41) is 0. The monoisotopic (exact) mass is 662 g/mol. The van der Waals surface area contributed by atoms with E-state index >= 15 is 0 Å². The highest BCUT2D eigenvalue weighted by molar-refractivity contribution is 5.91. The molecule has 252 valence electrons. The number of carbonyl (C=O) groups is 4. The van der Waals surface area contributed by atoms with Gasteiger partial charge in [-0.3, -0.25) is 19.2 Å². The molecule has 4 aromatic rings. The van der Waals surface area contributed by atoms with Crippen molar-refractivity contribution in [1.29, 1.82) is 0 Å². The highest BCUT2D eigenvalue weighted by Gasteiger charge is 2.29. The SMILES string of the molecule is C=CC(=O)Cc1cccc([C@@H]2CN(C(=O)C=C)Cc3ccccc32)c1.C=CC(=O)Cc1cccc([C@H]2CN(C(=O)C=C)Cc3ccccc32)c1. The molecule has 6 rings (SSSR count). The highest BCUT2D eigenvalue weighted by atomic mass is 16.2. The molecule has 6 heteroatoms. The van der Waals surface area contributed by atoms with Gasteiger partial charge in [-0.1, -0.05) is 123 Å². The molecule has 50 heavy (non-hydrogen) atoms. The van der Waals surface area contributed by atoms with Gasteiger partial charge in [0.1, 0.15) is 0 Å². The first-order valence-electron chi connectivity index (χ1n) is 16.7. The molecule has 0 aliphatic carbocycles. The number of rotatable bonds is 10. The quantitative estimate of drug-likeness (QED) is 0.167. The number of hydrogen-bond acceptors (Lipinski definition) is 4. The Morgan fingerprint density at radius 2 is 0.940 bits per heavy atom. The molecule has 0 saturated carbocycles. The second-order valence-corrected chi connectivity index (χ2v) is 12.5. The van der Waals surface area contributed by atoms with Gasteiger partial charge in [0, 0.05) is 50.9 Å². The lowest BCUT2D eigenvalue weighted by atomic mass is 9.84. The maximum Gasteiger partial charge on any atom is 0.246 e. The summed E-state index contributed by atoms with van der Waals surface area (Å²) in [4.78, 5) is 51.3. The number of ketones is 2. The first-order valence-corrected chi connectivity index (χ1v) is 16.7. The fourth-order valence-electron chi connectivity index (χ4n) is 6.76. The van der Waals surface area contributed by atoms with Gasteiger partial charge in [-0.15, -0.1) is 0 Å². The Morgan fingerprint density at radius 1 is 0.540 bits per heavy atom. The van der Waals surface area contributed by atoms with Crippen LogP contribution in [0.2, 0.25) is 0 Å². The van der Waals surface area contributed by atoms with E-state index in [9.17, 15) is 19.2 Å². The first-order chi connectivity index (χ1) is 24.2. The Morgan fingerprint density at radius 3 is 1.32 bits per heavy atom. The first kappa shape index (κ1) is 35.4.